The molecule has 2 amide bonds. The molecule has 0 aromatic heterocycles. The predicted octanol–water partition coefficient (Wildman–Crippen LogP) is 0.840. The molecule has 3 bridgehead atoms. The summed E-state index contributed by atoms with van der Waals surface area (Å²) in [5, 5.41) is 0.338. The van der Waals surface area contributed by atoms with Gasteiger partial charge in [-0.1, -0.05) is 36.5 Å². The van der Waals surface area contributed by atoms with E-state index in [-0.39, 0.29) is 6.42 Å². The molecule has 6 nitrogen and oxygen atoms in total. The molecule has 104 valence electrons. The van der Waals surface area contributed by atoms with Crippen LogP contribution in [-0.4, -0.2) is 25.6 Å². The molecule has 1 heterocycles. The molecule has 3 aliphatic rings. The number of imide groups is 1. The monoisotopic (exact) mass is 292 g/mol. The van der Waals surface area contributed by atoms with Crippen LogP contribution in [0, 0.1) is 5.41 Å². The van der Waals surface area contributed by atoms with Crippen molar-refractivity contribution >= 4 is 23.2 Å². The van der Waals surface area contributed by atoms with Crippen molar-refractivity contribution in [1.82, 2.24) is 5.06 Å². The summed E-state index contributed by atoms with van der Waals surface area (Å²) in [6.45, 7) is 0. The average Bonchev–Trinajstić information content (AvgIpc) is 2.39. The zero-order valence-corrected chi connectivity index (χ0v) is 11.1. The molecule has 0 N–H and O–H groups in total. The van der Waals surface area contributed by atoms with Gasteiger partial charge in [0.15, 0.2) is 0 Å². The van der Waals surface area contributed by atoms with Crippen molar-refractivity contribution in [2.24, 2.45) is 5.41 Å². The lowest BCUT2D eigenvalue weighted by molar-refractivity contribution is -0.179. The van der Waals surface area contributed by atoms with Gasteiger partial charge in [-0.05, 0) is 18.4 Å². The second kappa shape index (κ2) is 4.62. The molecule has 2 unspecified atom stereocenters. The van der Waals surface area contributed by atoms with Gasteiger partial charge in [-0.25, -0.2) is 4.21 Å². The predicted molar refractivity (Wildman–Crippen MR) is 68.0 cm³/mol. The van der Waals surface area contributed by atoms with E-state index in [0.29, 0.717) is 17.1 Å². The molecule has 1 saturated heterocycles. The number of carbonyl (C=O) groups is 2. The number of piperidine rings is 1. The summed E-state index contributed by atoms with van der Waals surface area (Å²) in [4.78, 5) is 24.5. The maximum Gasteiger partial charge on any atom is 0.281 e. The molecule has 2 aliphatic carbocycles. The Bertz CT molecular complexity index is 645. The molecule has 20 heavy (non-hydrogen) atoms. The van der Waals surface area contributed by atoms with Crippen molar-refractivity contribution in [1.29, 1.82) is 0 Å². The number of fused-ring (bicyclic) bond motifs is 2. The van der Waals surface area contributed by atoms with E-state index in [2.05, 4.69) is 4.28 Å². The molecule has 1 fully saturated rings. The number of nitrogens with zero attached hydrogens (tertiary/aromatic N) is 1. The minimum absolute atomic E-state index is 0.244. The minimum atomic E-state index is -2.98. The van der Waals surface area contributed by atoms with Crippen molar-refractivity contribution < 1.29 is 22.6 Å². The quantitative estimate of drug-likeness (QED) is 0.556. The van der Waals surface area contributed by atoms with E-state index in [0.717, 1.165) is 5.57 Å². The van der Waals surface area contributed by atoms with Crippen LogP contribution in [0.5, 0.6) is 0 Å². The topological polar surface area (TPSA) is 86.7 Å². The zero-order chi connectivity index (χ0) is 14.3. The van der Waals surface area contributed by atoms with Gasteiger partial charge in [0.05, 0.1) is 5.41 Å². The number of hydrogen-bond donors (Lipinski definition) is 0. The van der Waals surface area contributed by atoms with Crippen LogP contribution >= 0.6 is 0 Å². The van der Waals surface area contributed by atoms with Crippen LogP contribution < -0.4 is 0 Å². The molecule has 0 aromatic rings. The summed E-state index contributed by atoms with van der Waals surface area (Å²) >= 11 is -2.98. The molecule has 0 aromatic carbocycles. The molecule has 2 atom stereocenters. The van der Waals surface area contributed by atoms with E-state index >= 15 is 0 Å². The number of allylic oxidation sites excluding steroid dienone is 6. The first kappa shape index (κ1) is 13.2. The van der Waals surface area contributed by atoms with E-state index in [1.807, 2.05) is 12.2 Å². The van der Waals surface area contributed by atoms with Crippen LogP contribution in [0.2, 0.25) is 0 Å². The second-order valence-electron chi connectivity index (χ2n) is 4.84. The fraction of sp³-hybridized carbons (Fsp3) is 0.231. The molecule has 1 aliphatic heterocycles. The van der Waals surface area contributed by atoms with Gasteiger partial charge in [-0.3, -0.25) is 9.59 Å². The molecule has 3 rings (SSSR count). The second-order valence-corrected chi connectivity index (χ2v) is 5.40. The van der Waals surface area contributed by atoms with Gasteiger partial charge < -0.3 is 4.55 Å². The van der Waals surface area contributed by atoms with E-state index < -0.39 is 28.6 Å². The van der Waals surface area contributed by atoms with Crippen molar-refractivity contribution in [3.05, 3.63) is 47.6 Å². The van der Waals surface area contributed by atoms with Crippen molar-refractivity contribution in [3.63, 3.8) is 0 Å². The standard InChI is InChI=1S/C13H11NO5S/c15-11-10-5-1-3-9-4-2-6-13(7-9,8-10)12(16)14(11)19-20(17)18/h1-6H,7-8H2,(H,17,18)/p-1. The average molecular weight is 292 g/mol. The number of amides is 2. The molecule has 0 radical (unpaired) electrons. The zero-order valence-electron chi connectivity index (χ0n) is 10.3. The first-order chi connectivity index (χ1) is 9.52. The Morgan fingerprint density at radius 1 is 1.25 bits per heavy atom. The SMILES string of the molecule is O=C1C2=CC=CC3=CC=CC(C3)(C2)C(=O)N1OS(=O)[O-]. The summed E-state index contributed by atoms with van der Waals surface area (Å²) < 4.78 is 25.7. The maximum atomic E-state index is 12.5. The number of carbonyl (C=O) groups excluding carboxylic acids is 2. The van der Waals surface area contributed by atoms with Crippen LogP contribution in [0.1, 0.15) is 12.8 Å². The highest BCUT2D eigenvalue weighted by molar-refractivity contribution is 7.74. The molecule has 7 heteroatoms. The van der Waals surface area contributed by atoms with Crippen LogP contribution in [0.15, 0.2) is 47.6 Å². The van der Waals surface area contributed by atoms with Crippen molar-refractivity contribution in [3.8, 4) is 0 Å². The third kappa shape index (κ3) is 2.00. The Balaban J connectivity index is 2.11. The molecule has 0 saturated carbocycles. The molecular weight excluding hydrogens is 282 g/mol. The molecular formula is C13H10NO5S-. The summed E-state index contributed by atoms with van der Waals surface area (Å²) in [5.74, 6) is -1.39. The highest BCUT2D eigenvalue weighted by atomic mass is 32.2. The fourth-order valence-electron chi connectivity index (χ4n) is 2.68. The van der Waals surface area contributed by atoms with Crippen LogP contribution in [-0.2, 0) is 25.2 Å². The van der Waals surface area contributed by atoms with Gasteiger partial charge in [0.2, 0.25) is 0 Å². The number of hydrogen-bond acceptors (Lipinski definition) is 5. The summed E-state index contributed by atoms with van der Waals surface area (Å²) in [7, 11) is 0. The van der Waals surface area contributed by atoms with E-state index in [4.69, 9.17) is 0 Å². The van der Waals surface area contributed by atoms with Crippen LogP contribution in [0.4, 0.5) is 0 Å². The Kier molecular flexibility index (Phi) is 3.04. The normalized spacial score (nSPS) is 29.6. The number of rotatable bonds is 2. The van der Waals surface area contributed by atoms with Gasteiger partial charge in [0.25, 0.3) is 11.8 Å². The molecule has 1 spiro atoms. The van der Waals surface area contributed by atoms with Crippen molar-refractivity contribution in [2.75, 3.05) is 0 Å². The smallest absolute Gasteiger partial charge is 0.281 e. The Labute approximate surface area is 117 Å². The Morgan fingerprint density at radius 2 is 2.05 bits per heavy atom. The third-order valence-corrected chi connectivity index (χ3v) is 3.83. The third-order valence-electron chi connectivity index (χ3n) is 3.56. The summed E-state index contributed by atoms with van der Waals surface area (Å²) in [5.41, 5.74) is 0.333. The highest BCUT2D eigenvalue weighted by Gasteiger charge is 2.50. The maximum absolute atomic E-state index is 12.5. The van der Waals surface area contributed by atoms with Crippen LogP contribution in [0.25, 0.3) is 0 Å². The van der Waals surface area contributed by atoms with Gasteiger partial charge >= 0.3 is 0 Å². The minimum Gasteiger partial charge on any atom is -0.748 e. The van der Waals surface area contributed by atoms with E-state index in [1.165, 1.54) is 0 Å². The first-order valence-electron chi connectivity index (χ1n) is 5.94. The fourth-order valence-corrected chi connectivity index (χ4v) is 2.94. The van der Waals surface area contributed by atoms with Gasteiger partial charge in [-0.15, -0.1) is 5.06 Å². The first-order valence-corrected chi connectivity index (χ1v) is 6.94. The van der Waals surface area contributed by atoms with Gasteiger partial charge in [0.1, 0.15) is 11.4 Å². The van der Waals surface area contributed by atoms with Crippen LogP contribution in [0.3, 0.4) is 0 Å². The lowest BCUT2D eigenvalue weighted by Gasteiger charge is -2.40. The lowest BCUT2D eigenvalue weighted by atomic mass is 9.70. The highest BCUT2D eigenvalue weighted by Crippen LogP contribution is 2.44. The van der Waals surface area contributed by atoms with E-state index in [1.54, 1.807) is 24.3 Å². The Hall–Kier alpha value is -1.83. The summed E-state index contributed by atoms with van der Waals surface area (Å²) in [6.07, 6.45) is 11.1. The Morgan fingerprint density at radius 3 is 2.80 bits per heavy atom. The lowest BCUT2D eigenvalue weighted by Crippen LogP contribution is -2.52. The largest absolute Gasteiger partial charge is 0.748 e. The van der Waals surface area contributed by atoms with E-state index in [9.17, 15) is 18.4 Å². The van der Waals surface area contributed by atoms with Gasteiger partial charge in [0, 0.05) is 5.57 Å². The number of hydroxylamine groups is 2. The van der Waals surface area contributed by atoms with Crippen molar-refractivity contribution in [2.45, 2.75) is 12.8 Å². The summed E-state index contributed by atoms with van der Waals surface area (Å²) in [6, 6.07) is 0. The van der Waals surface area contributed by atoms with Gasteiger partial charge in [-0.2, -0.15) is 4.28 Å².